The van der Waals surface area contributed by atoms with Gasteiger partial charge >= 0.3 is 0 Å². The van der Waals surface area contributed by atoms with E-state index in [1.165, 1.54) is 5.56 Å². The summed E-state index contributed by atoms with van der Waals surface area (Å²) in [5, 5.41) is 8.68. The zero-order valence-electron chi connectivity index (χ0n) is 16.1. The molecule has 2 aromatic carbocycles. The number of H-pyrrole nitrogens is 1. The number of hydrogen-bond donors (Lipinski definition) is 2. The summed E-state index contributed by atoms with van der Waals surface area (Å²) in [5.74, 6) is 0.516. The van der Waals surface area contributed by atoms with Crippen LogP contribution in [0.2, 0.25) is 0 Å². The van der Waals surface area contributed by atoms with E-state index in [4.69, 9.17) is 5.73 Å². The minimum Gasteiger partial charge on any atom is -0.384 e. The lowest BCUT2D eigenvalue weighted by Gasteiger charge is -2.09. The summed E-state index contributed by atoms with van der Waals surface area (Å²) in [7, 11) is 4.15. The molecule has 3 N–H and O–H groups in total. The van der Waals surface area contributed by atoms with Gasteiger partial charge in [-0.25, -0.2) is 4.98 Å². The highest BCUT2D eigenvalue weighted by atomic mass is 15.1. The average molecular weight is 369 g/mol. The van der Waals surface area contributed by atoms with Crippen LogP contribution in [0.3, 0.4) is 0 Å². The quantitative estimate of drug-likeness (QED) is 0.546. The minimum absolute atomic E-state index is 0.516. The van der Waals surface area contributed by atoms with E-state index in [0.717, 1.165) is 39.8 Å². The lowest BCUT2D eigenvalue weighted by atomic mass is 10.0. The molecule has 0 fully saturated rings. The predicted octanol–water partition coefficient (Wildman–Crippen LogP) is 4.44. The maximum absolute atomic E-state index is 5.80. The van der Waals surface area contributed by atoms with Gasteiger partial charge < -0.3 is 10.6 Å². The number of rotatable bonds is 5. The lowest BCUT2D eigenvalue weighted by Crippen LogP contribution is -2.10. The second-order valence-electron chi connectivity index (χ2n) is 7.15. The van der Waals surface area contributed by atoms with Crippen molar-refractivity contribution < 1.29 is 0 Å². The number of pyridine rings is 1. The summed E-state index contributed by atoms with van der Waals surface area (Å²) >= 11 is 0. The standard InChI is InChI=1S/C23H23N5/c1-28(2)15-17-5-3-16(4-6-17)7-10-21-20-9-8-18(13-22(20)27-26-21)19-11-12-25-23(24)14-19/h3-14H,15H2,1-2H3,(H2,24,25)(H,26,27). The van der Waals surface area contributed by atoms with Crippen LogP contribution in [0.25, 0.3) is 34.2 Å². The Balaban J connectivity index is 1.57. The summed E-state index contributed by atoms with van der Waals surface area (Å²) in [6, 6.07) is 18.7. The molecule has 0 unspecified atom stereocenters. The average Bonchev–Trinajstić information content (AvgIpc) is 3.09. The van der Waals surface area contributed by atoms with Crippen molar-refractivity contribution in [3.05, 3.63) is 77.6 Å². The molecule has 0 bridgehead atoms. The van der Waals surface area contributed by atoms with E-state index in [1.54, 1.807) is 6.20 Å². The second kappa shape index (κ2) is 7.66. The summed E-state index contributed by atoms with van der Waals surface area (Å²) in [4.78, 5) is 6.21. The summed E-state index contributed by atoms with van der Waals surface area (Å²) in [6.07, 6.45) is 5.86. The Kier molecular flexibility index (Phi) is 4.91. The highest BCUT2D eigenvalue weighted by molar-refractivity contribution is 5.92. The molecule has 0 saturated heterocycles. The van der Waals surface area contributed by atoms with Gasteiger partial charge in [0.1, 0.15) is 5.82 Å². The number of fused-ring (bicyclic) bond motifs is 1. The molecule has 4 aromatic rings. The van der Waals surface area contributed by atoms with Crippen LogP contribution >= 0.6 is 0 Å². The lowest BCUT2D eigenvalue weighted by molar-refractivity contribution is 0.402. The topological polar surface area (TPSA) is 70.8 Å². The third kappa shape index (κ3) is 3.94. The van der Waals surface area contributed by atoms with Crippen LogP contribution in [0.1, 0.15) is 16.8 Å². The van der Waals surface area contributed by atoms with Gasteiger partial charge in [-0.1, -0.05) is 36.4 Å². The molecular weight excluding hydrogens is 346 g/mol. The Hall–Kier alpha value is -3.44. The van der Waals surface area contributed by atoms with Crippen LogP contribution in [-0.2, 0) is 6.54 Å². The minimum atomic E-state index is 0.516. The van der Waals surface area contributed by atoms with Crippen LogP contribution < -0.4 is 5.73 Å². The Morgan fingerprint density at radius 2 is 1.75 bits per heavy atom. The van der Waals surface area contributed by atoms with Crippen LogP contribution in [0.15, 0.2) is 60.8 Å². The highest BCUT2D eigenvalue weighted by Gasteiger charge is 2.06. The molecule has 28 heavy (non-hydrogen) atoms. The first-order valence-electron chi connectivity index (χ1n) is 9.20. The van der Waals surface area contributed by atoms with Gasteiger partial charge in [0.15, 0.2) is 0 Å². The molecule has 5 heteroatoms. The molecule has 2 heterocycles. The monoisotopic (exact) mass is 369 g/mol. The Morgan fingerprint density at radius 3 is 2.50 bits per heavy atom. The number of nitrogen functional groups attached to an aromatic ring is 1. The third-order valence-electron chi connectivity index (χ3n) is 4.62. The maximum Gasteiger partial charge on any atom is 0.123 e. The molecular formula is C23H23N5. The number of aromatic amines is 1. The smallest absolute Gasteiger partial charge is 0.123 e. The molecule has 0 amide bonds. The first kappa shape index (κ1) is 17.9. The van der Waals surface area contributed by atoms with Gasteiger partial charge in [0, 0.05) is 18.1 Å². The molecule has 0 atom stereocenters. The Bertz CT molecular complexity index is 1120. The van der Waals surface area contributed by atoms with E-state index in [9.17, 15) is 0 Å². The third-order valence-corrected chi connectivity index (χ3v) is 4.62. The predicted molar refractivity (Wildman–Crippen MR) is 116 cm³/mol. The fourth-order valence-corrected chi connectivity index (χ4v) is 3.25. The van der Waals surface area contributed by atoms with E-state index < -0.39 is 0 Å². The molecule has 0 saturated carbocycles. The van der Waals surface area contributed by atoms with E-state index in [0.29, 0.717) is 5.82 Å². The normalized spacial score (nSPS) is 11.7. The number of nitrogens with two attached hydrogens (primary N) is 1. The Morgan fingerprint density at radius 1 is 0.964 bits per heavy atom. The van der Waals surface area contributed by atoms with Crippen molar-refractivity contribution in [3.63, 3.8) is 0 Å². The highest BCUT2D eigenvalue weighted by Crippen LogP contribution is 2.26. The van der Waals surface area contributed by atoms with Gasteiger partial charge in [0.25, 0.3) is 0 Å². The molecule has 2 aromatic heterocycles. The Labute approximate surface area is 164 Å². The fourth-order valence-electron chi connectivity index (χ4n) is 3.25. The SMILES string of the molecule is CN(C)Cc1ccc(C=Cc2n[nH]c3cc(-c4ccnc(N)c4)ccc23)cc1. The van der Waals surface area contributed by atoms with Crippen LogP contribution in [-0.4, -0.2) is 34.2 Å². The number of nitrogens with zero attached hydrogens (tertiary/aromatic N) is 3. The second-order valence-corrected chi connectivity index (χ2v) is 7.15. The van der Waals surface area contributed by atoms with E-state index in [1.807, 2.05) is 18.2 Å². The fraction of sp³-hybridized carbons (Fsp3) is 0.130. The van der Waals surface area contributed by atoms with E-state index >= 15 is 0 Å². The first-order chi connectivity index (χ1) is 13.6. The van der Waals surface area contributed by atoms with Crippen molar-refractivity contribution in [2.24, 2.45) is 0 Å². The van der Waals surface area contributed by atoms with E-state index in [2.05, 4.69) is 82.7 Å². The maximum atomic E-state index is 5.80. The van der Waals surface area contributed by atoms with Gasteiger partial charge in [-0.2, -0.15) is 5.10 Å². The molecule has 0 aliphatic rings. The van der Waals surface area contributed by atoms with Crippen LogP contribution in [0, 0.1) is 0 Å². The molecule has 4 rings (SSSR count). The van der Waals surface area contributed by atoms with Crippen molar-refractivity contribution in [2.75, 3.05) is 19.8 Å². The molecule has 0 aliphatic heterocycles. The zero-order chi connectivity index (χ0) is 19.5. The van der Waals surface area contributed by atoms with Gasteiger partial charge in [-0.15, -0.1) is 0 Å². The number of hydrogen-bond acceptors (Lipinski definition) is 4. The van der Waals surface area contributed by atoms with Gasteiger partial charge in [0.05, 0.1) is 11.2 Å². The number of benzene rings is 2. The number of aromatic nitrogens is 3. The zero-order valence-corrected chi connectivity index (χ0v) is 16.1. The molecule has 0 aliphatic carbocycles. The summed E-state index contributed by atoms with van der Waals surface area (Å²) in [5.41, 5.74) is 12.3. The van der Waals surface area contributed by atoms with Crippen molar-refractivity contribution in [1.82, 2.24) is 20.1 Å². The van der Waals surface area contributed by atoms with Crippen molar-refractivity contribution >= 4 is 28.9 Å². The van der Waals surface area contributed by atoms with Gasteiger partial charge in [0.2, 0.25) is 0 Å². The van der Waals surface area contributed by atoms with Gasteiger partial charge in [-0.05, 0) is 66.7 Å². The largest absolute Gasteiger partial charge is 0.384 e. The van der Waals surface area contributed by atoms with Crippen molar-refractivity contribution in [3.8, 4) is 11.1 Å². The molecule has 140 valence electrons. The molecule has 5 nitrogen and oxygen atoms in total. The van der Waals surface area contributed by atoms with Crippen LogP contribution in [0.4, 0.5) is 5.82 Å². The molecule has 0 spiro atoms. The van der Waals surface area contributed by atoms with E-state index in [-0.39, 0.29) is 0 Å². The number of nitrogens with one attached hydrogen (secondary N) is 1. The molecule has 0 radical (unpaired) electrons. The van der Waals surface area contributed by atoms with Gasteiger partial charge in [-0.3, -0.25) is 5.10 Å². The van der Waals surface area contributed by atoms with Crippen molar-refractivity contribution in [1.29, 1.82) is 0 Å². The summed E-state index contributed by atoms with van der Waals surface area (Å²) in [6.45, 7) is 0.944. The first-order valence-corrected chi connectivity index (χ1v) is 9.20. The summed E-state index contributed by atoms with van der Waals surface area (Å²) < 4.78 is 0. The number of anilines is 1. The van der Waals surface area contributed by atoms with Crippen LogP contribution in [0.5, 0.6) is 0 Å². The van der Waals surface area contributed by atoms with Crippen molar-refractivity contribution in [2.45, 2.75) is 6.54 Å².